The van der Waals surface area contributed by atoms with Gasteiger partial charge < -0.3 is 10.1 Å². The number of benzene rings is 3. The number of ether oxygens (including phenoxy) is 1. The van der Waals surface area contributed by atoms with Gasteiger partial charge in [0.25, 0.3) is 5.56 Å². The number of fused-ring (bicyclic) bond motifs is 1. The fourth-order valence-electron chi connectivity index (χ4n) is 3.20. The quantitative estimate of drug-likeness (QED) is 0.530. The molecule has 0 aliphatic carbocycles. The number of aromatic nitrogens is 2. The van der Waals surface area contributed by atoms with E-state index in [-0.39, 0.29) is 18.0 Å². The van der Waals surface area contributed by atoms with E-state index in [1.54, 1.807) is 30.3 Å². The van der Waals surface area contributed by atoms with Gasteiger partial charge in [0, 0.05) is 17.3 Å². The summed E-state index contributed by atoms with van der Waals surface area (Å²) in [5, 5.41) is 9.38. The van der Waals surface area contributed by atoms with Crippen LogP contribution in [0.1, 0.15) is 6.92 Å². The third kappa shape index (κ3) is 4.38. The topological polar surface area (TPSA) is 73.2 Å². The molecule has 30 heavy (non-hydrogen) atoms. The molecule has 1 heterocycles. The van der Waals surface area contributed by atoms with Crippen molar-refractivity contribution in [2.45, 2.75) is 13.5 Å². The van der Waals surface area contributed by atoms with E-state index < -0.39 is 0 Å². The van der Waals surface area contributed by atoms with Crippen LogP contribution >= 0.6 is 0 Å². The van der Waals surface area contributed by atoms with Crippen molar-refractivity contribution < 1.29 is 9.53 Å². The number of anilines is 1. The first-order chi connectivity index (χ1) is 14.6. The van der Waals surface area contributed by atoms with Crippen molar-refractivity contribution in [2.24, 2.45) is 0 Å². The van der Waals surface area contributed by atoms with Gasteiger partial charge in [-0.15, -0.1) is 0 Å². The van der Waals surface area contributed by atoms with Gasteiger partial charge in [-0.1, -0.05) is 36.4 Å². The van der Waals surface area contributed by atoms with Gasteiger partial charge in [-0.25, -0.2) is 4.68 Å². The minimum absolute atomic E-state index is 0.173. The second-order valence-corrected chi connectivity index (χ2v) is 6.78. The maximum absolute atomic E-state index is 12.4. The third-order valence-electron chi connectivity index (χ3n) is 4.65. The zero-order chi connectivity index (χ0) is 20.9. The van der Waals surface area contributed by atoms with Gasteiger partial charge in [0.2, 0.25) is 5.91 Å². The summed E-state index contributed by atoms with van der Waals surface area (Å²) < 4.78 is 6.57. The van der Waals surface area contributed by atoms with E-state index in [4.69, 9.17) is 4.74 Å². The molecule has 150 valence electrons. The molecule has 4 rings (SSSR count). The number of hydrogen-bond acceptors (Lipinski definition) is 4. The lowest BCUT2D eigenvalue weighted by molar-refractivity contribution is -0.117. The number of rotatable bonds is 6. The van der Waals surface area contributed by atoms with Crippen LogP contribution in [0.2, 0.25) is 0 Å². The highest BCUT2D eigenvalue weighted by Crippen LogP contribution is 2.22. The molecule has 1 N–H and O–H groups in total. The zero-order valence-electron chi connectivity index (χ0n) is 16.5. The molecule has 0 saturated carbocycles. The van der Waals surface area contributed by atoms with Gasteiger partial charge >= 0.3 is 0 Å². The Balaban J connectivity index is 1.52. The van der Waals surface area contributed by atoms with Crippen LogP contribution in [-0.2, 0) is 11.3 Å². The summed E-state index contributed by atoms with van der Waals surface area (Å²) in [7, 11) is 0. The SMILES string of the molecule is CCOc1ccc(NC(=O)Cn2nc(-c3ccc4ccccc4c3)ccc2=O)cc1. The van der Waals surface area contributed by atoms with E-state index in [0.717, 1.165) is 22.1 Å². The Labute approximate surface area is 173 Å². The van der Waals surface area contributed by atoms with Crippen LogP contribution in [0, 0.1) is 0 Å². The highest BCUT2D eigenvalue weighted by molar-refractivity contribution is 5.90. The van der Waals surface area contributed by atoms with Crippen LogP contribution < -0.4 is 15.6 Å². The summed E-state index contributed by atoms with van der Waals surface area (Å²) >= 11 is 0. The fourth-order valence-corrected chi connectivity index (χ4v) is 3.20. The molecule has 0 unspecified atom stereocenters. The largest absolute Gasteiger partial charge is 0.494 e. The summed E-state index contributed by atoms with van der Waals surface area (Å²) in [4.78, 5) is 24.6. The Hall–Kier alpha value is -3.93. The molecule has 6 heteroatoms. The van der Waals surface area contributed by atoms with Crippen molar-refractivity contribution in [3.63, 3.8) is 0 Å². The van der Waals surface area contributed by atoms with E-state index >= 15 is 0 Å². The molecule has 1 aromatic heterocycles. The molecular formula is C24H21N3O3. The minimum atomic E-state index is -0.332. The predicted molar refractivity (Wildman–Crippen MR) is 118 cm³/mol. The smallest absolute Gasteiger partial charge is 0.267 e. The molecule has 3 aromatic carbocycles. The van der Waals surface area contributed by atoms with Crippen LogP contribution in [0.3, 0.4) is 0 Å². The lowest BCUT2D eigenvalue weighted by Gasteiger charge is -2.09. The van der Waals surface area contributed by atoms with Crippen molar-refractivity contribution >= 4 is 22.4 Å². The second kappa shape index (κ2) is 8.61. The van der Waals surface area contributed by atoms with Crippen LogP contribution in [0.15, 0.2) is 83.7 Å². The Bertz CT molecular complexity index is 1250. The molecule has 0 saturated heterocycles. The number of amides is 1. The van der Waals surface area contributed by atoms with Gasteiger partial charge in [0.15, 0.2) is 0 Å². The van der Waals surface area contributed by atoms with Crippen molar-refractivity contribution in [3.8, 4) is 17.0 Å². The summed E-state index contributed by atoms with van der Waals surface area (Å²) in [5.74, 6) is 0.404. The standard InChI is InChI=1S/C24H21N3O3/c1-2-30-21-11-9-20(10-12-21)25-23(28)16-27-24(29)14-13-22(26-27)19-8-7-17-5-3-4-6-18(17)15-19/h3-15H,2,16H2,1H3,(H,25,28). The summed E-state index contributed by atoms with van der Waals surface area (Å²) in [5.41, 5.74) is 1.81. The van der Waals surface area contributed by atoms with Gasteiger partial charge in [0.05, 0.1) is 12.3 Å². The van der Waals surface area contributed by atoms with Crippen LogP contribution in [-0.4, -0.2) is 22.3 Å². The molecule has 0 spiro atoms. The van der Waals surface area contributed by atoms with E-state index in [1.807, 2.05) is 49.4 Å². The molecule has 4 aromatic rings. The molecule has 0 aliphatic heterocycles. The first-order valence-corrected chi connectivity index (χ1v) is 9.72. The summed E-state index contributed by atoms with van der Waals surface area (Å²) in [6, 6.07) is 24.2. The Morgan fingerprint density at radius 2 is 1.73 bits per heavy atom. The average molecular weight is 399 g/mol. The third-order valence-corrected chi connectivity index (χ3v) is 4.65. The summed E-state index contributed by atoms with van der Waals surface area (Å²) in [6.07, 6.45) is 0. The molecule has 0 fully saturated rings. The monoisotopic (exact) mass is 399 g/mol. The Morgan fingerprint density at radius 3 is 2.50 bits per heavy atom. The molecule has 6 nitrogen and oxygen atoms in total. The second-order valence-electron chi connectivity index (χ2n) is 6.78. The van der Waals surface area contributed by atoms with Crippen LogP contribution in [0.5, 0.6) is 5.75 Å². The first-order valence-electron chi connectivity index (χ1n) is 9.72. The van der Waals surface area contributed by atoms with E-state index in [9.17, 15) is 9.59 Å². The molecule has 1 amide bonds. The maximum atomic E-state index is 12.4. The van der Waals surface area contributed by atoms with Crippen molar-refractivity contribution in [2.75, 3.05) is 11.9 Å². The average Bonchev–Trinajstić information content (AvgIpc) is 2.76. The van der Waals surface area contributed by atoms with Gasteiger partial charge in [-0.2, -0.15) is 5.10 Å². The lowest BCUT2D eigenvalue weighted by Crippen LogP contribution is -2.29. The number of carbonyl (C=O) groups excluding carboxylic acids is 1. The molecule has 0 atom stereocenters. The predicted octanol–water partition coefficient (Wildman–Crippen LogP) is 4.10. The number of carbonyl (C=O) groups is 1. The molecular weight excluding hydrogens is 378 g/mol. The number of hydrogen-bond donors (Lipinski definition) is 1. The highest BCUT2D eigenvalue weighted by atomic mass is 16.5. The molecule has 0 radical (unpaired) electrons. The normalized spacial score (nSPS) is 10.7. The minimum Gasteiger partial charge on any atom is -0.494 e. The fraction of sp³-hybridized carbons (Fsp3) is 0.125. The van der Waals surface area contributed by atoms with E-state index in [0.29, 0.717) is 18.0 Å². The number of nitrogens with one attached hydrogen (secondary N) is 1. The zero-order valence-corrected chi connectivity index (χ0v) is 16.5. The van der Waals surface area contributed by atoms with Gasteiger partial charge in [-0.3, -0.25) is 9.59 Å². The maximum Gasteiger partial charge on any atom is 0.267 e. The van der Waals surface area contributed by atoms with E-state index in [2.05, 4.69) is 10.4 Å². The van der Waals surface area contributed by atoms with Crippen LogP contribution in [0.25, 0.3) is 22.0 Å². The van der Waals surface area contributed by atoms with Crippen LogP contribution in [0.4, 0.5) is 5.69 Å². The molecule has 0 bridgehead atoms. The van der Waals surface area contributed by atoms with Gasteiger partial charge in [-0.05, 0) is 54.1 Å². The number of nitrogens with zero attached hydrogens (tertiary/aromatic N) is 2. The van der Waals surface area contributed by atoms with Crippen molar-refractivity contribution in [1.29, 1.82) is 0 Å². The molecule has 0 aliphatic rings. The Kier molecular flexibility index (Phi) is 5.57. The first kappa shape index (κ1) is 19.4. The highest BCUT2D eigenvalue weighted by Gasteiger charge is 2.09. The van der Waals surface area contributed by atoms with Crippen molar-refractivity contribution in [3.05, 3.63) is 89.2 Å². The van der Waals surface area contributed by atoms with Crippen molar-refractivity contribution in [1.82, 2.24) is 9.78 Å². The Morgan fingerprint density at radius 1 is 0.967 bits per heavy atom. The summed E-state index contributed by atoms with van der Waals surface area (Å²) in [6.45, 7) is 2.31. The van der Waals surface area contributed by atoms with Gasteiger partial charge in [0.1, 0.15) is 12.3 Å². The lowest BCUT2D eigenvalue weighted by atomic mass is 10.1. The van der Waals surface area contributed by atoms with E-state index in [1.165, 1.54) is 10.7 Å².